The van der Waals surface area contributed by atoms with E-state index in [9.17, 15) is 4.39 Å². The van der Waals surface area contributed by atoms with Gasteiger partial charge in [0.1, 0.15) is 0 Å². The molecule has 0 fully saturated rings. The summed E-state index contributed by atoms with van der Waals surface area (Å²) in [5.41, 5.74) is 5.20. The summed E-state index contributed by atoms with van der Waals surface area (Å²) in [7, 11) is 0.592. The molecule has 0 aliphatic heterocycles. The molecule has 0 rings (SSSR count). The van der Waals surface area contributed by atoms with Gasteiger partial charge in [0.2, 0.25) is 0 Å². The predicted molar refractivity (Wildman–Crippen MR) is 167 cm³/mol. The first-order valence-corrected chi connectivity index (χ1v) is 17.9. The Hall–Kier alpha value is -1.79. The largest absolute Gasteiger partial charge is 0.505 e. The minimum absolute atomic E-state index is 0.0645. The minimum Gasteiger partial charge on any atom is -0.505 e. The molecule has 0 aliphatic carbocycles. The Labute approximate surface area is 231 Å². The van der Waals surface area contributed by atoms with Crippen LogP contribution in [-0.2, 0) is 4.74 Å². The summed E-state index contributed by atoms with van der Waals surface area (Å²) < 4.78 is 19.6. The average molecular weight is 529 g/mol. The smallest absolute Gasteiger partial charge is 0.0991 e. The first-order valence-electron chi connectivity index (χ1n) is 14.2. The number of hydrogen-bond acceptors (Lipinski definition) is 1. The Bertz CT molecular complexity index is 866. The second-order valence-corrected chi connectivity index (χ2v) is 18.2. The first-order chi connectivity index (χ1) is 17.3. The van der Waals surface area contributed by atoms with Crippen molar-refractivity contribution in [3.63, 3.8) is 0 Å². The van der Waals surface area contributed by atoms with Crippen molar-refractivity contribution in [3.8, 4) is 11.8 Å². The number of rotatable bonds is 17. The van der Waals surface area contributed by atoms with Crippen LogP contribution in [0.25, 0.3) is 0 Å². The van der Waals surface area contributed by atoms with Gasteiger partial charge in [0, 0.05) is 18.9 Å². The highest BCUT2D eigenvalue weighted by atomic mass is 28.3. The van der Waals surface area contributed by atoms with E-state index >= 15 is 0 Å². The lowest BCUT2D eigenvalue weighted by Gasteiger charge is -2.20. The molecule has 1 nitrogen and oxygen atoms in total. The molecule has 0 bridgehead atoms. The fourth-order valence-electron chi connectivity index (χ4n) is 3.66. The van der Waals surface area contributed by atoms with E-state index in [4.69, 9.17) is 4.74 Å². The molecule has 0 aromatic rings. The molecule has 210 valence electrons. The molecule has 0 amide bonds. The maximum atomic E-state index is 14.7. The third-order valence-corrected chi connectivity index (χ3v) is 7.73. The summed E-state index contributed by atoms with van der Waals surface area (Å²) in [6.07, 6.45) is 19.8. The molecule has 3 heteroatoms. The SMILES string of the molecule is CO/C=C/CC/C(C)=C/CC/C(C)=C/CC/C(F)=C(\C)CC/C(C)=C\CC(C)(C)CC#CC[Si](C)(C)C. The maximum absolute atomic E-state index is 14.7. The number of hydrogen-bond donors (Lipinski definition) is 0. The Morgan fingerprint density at radius 3 is 1.95 bits per heavy atom. The molecule has 0 radical (unpaired) electrons. The van der Waals surface area contributed by atoms with Crippen LogP contribution in [-0.4, -0.2) is 15.2 Å². The molecule has 0 atom stereocenters. The lowest BCUT2D eigenvalue weighted by molar-refractivity contribution is 0.336. The van der Waals surface area contributed by atoms with Crippen molar-refractivity contribution in [2.24, 2.45) is 5.41 Å². The lowest BCUT2D eigenvalue weighted by Crippen LogP contribution is -2.17. The van der Waals surface area contributed by atoms with Gasteiger partial charge in [-0.25, -0.2) is 4.39 Å². The van der Waals surface area contributed by atoms with Gasteiger partial charge >= 0.3 is 0 Å². The van der Waals surface area contributed by atoms with E-state index in [0.717, 1.165) is 69.4 Å². The van der Waals surface area contributed by atoms with Gasteiger partial charge in [0.15, 0.2) is 0 Å². The molecular weight excluding hydrogens is 471 g/mol. The normalized spacial score (nSPS) is 14.5. The van der Waals surface area contributed by atoms with E-state index < -0.39 is 8.07 Å². The number of allylic oxidation sites excluding steroid dienone is 9. The zero-order valence-corrected chi connectivity index (χ0v) is 27.0. The monoisotopic (exact) mass is 528 g/mol. The second-order valence-electron chi connectivity index (χ2n) is 12.7. The molecule has 37 heavy (non-hydrogen) atoms. The highest BCUT2D eigenvalue weighted by Crippen LogP contribution is 2.27. The summed E-state index contributed by atoms with van der Waals surface area (Å²) >= 11 is 0. The highest BCUT2D eigenvalue weighted by molar-refractivity contribution is 6.76. The Kier molecular flexibility index (Phi) is 18.4. The molecule has 0 spiro atoms. The van der Waals surface area contributed by atoms with E-state index in [1.165, 1.54) is 16.7 Å². The average Bonchev–Trinajstić information content (AvgIpc) is 2.81. The Morgan fingerprint density at radius 2 is 1.35 bits per heavy atom. The van der Waals surface area contributed by atoms with Crippen LogP contribution < -0.4 is 0 Å². The van der Waals surface area contributed by atoms with Crippen LogP contribution in [0.3, 0.4) is 0 Å². The van der Waals surface area contributed by atoms with Crippen LogP contribution in [0, 0.1) is 17.3 Å². The molecule has 0 aliphatic rings. The Balaban J connectivity index is 4.45. The van der Waals surface area contributed by atoms with Crippen LogP contribution in [0.4, 0.5) is 4.39 Å². The quantitative estimate of drug-likeness (QED) is 0.0789. The summed E-state index contributed by atoms with van der Waals surface area (Å²) in [6, 6.07) is 1.08. The van der Waals surface area contributed by atoms with Gasteiger partial charge in [-0.05, 0) is 96.1 Å². The van der Waals surface area contributed by atoms with Crippen molar-refractivity contribution in [3.05, 3.63) is 58.7 Å². The van der Waals surface area contributed by atoms with Crippen molar-refractivity contribution in [1.29, 1.82) is 0 Å². The fraction of sp³-hybridized carbons (Fsp3) is 0.647. The molecule has 0 N–H and O–H groups in total. The summed E-state index contributed by atoms with van der Waals surface area (Å²) in [5, 5.41) is 0. The van der Waals surface area contributed by atoms with E-state index in [1.807, 2.05) is 6.92 Å². The van der Waals surface area contributed by atoms with Crippen molar-refractivity contribution in [2.45, 2.75) is 131 Å². The minimum atomic E-state index is -1.08. The van der Waals surface area contributed by atoms with Gasteiger partial charge in [0.25, 0.3) is 0 Å². The maximum Gasteiger partial charge on any atom is 0.0991 e. The van der Waals surface area contributed by atoms with Gasteiger partial charge in [-0.2, -0.15) is 0 Å². The molecule has 0 saturated heterocycles. The Morgan fingerprint density at radius 1 is 0.784 bits per heavy atom. The van der Waals surface area contributed by atoms with Gasteiger partial charge < -0.3 is 4.74 Å². The summed E-state index contributed by atoms with van der Waals surface area (Å²) in [5.74, 6) is 6.88. The molecule has 0 saturated carbocycles. The van der Waals surface area contributed by atoms with Crippen molar-refractivity contribution in [1.82, 2.24) is 0 Å². The van der Waals surface area contributed by atoms with Crippen LogP contribution >= 0.6 is 0 Å². The second kappa shape index (κ2) is 19.3. The van der Waals surface area contributed by atoms with Crippen LogP contribution in [0.1, 0.15) is 106 Å². The van der Waals surface area contributed by atoms with Gasteiger partial charge in [-0.3, -0.25) is 0 Å². The van der Waals surface area contributed by atoms with Crippen LogP contribution in [0.15, 0.2) is 58.7 Å². The van der Waals surface area contributed by atoms with Gasteiger partial charge in [-0.15, -0.1) is 11.8 Å². The van der Waals surface area contributed by atoms with Crippen molar-refractivity contribution in [2.75, 3.05) is 7.11 Å². The van der Waals surface area contributed by atoms with E-state index in [0.29, 0.717) is 6.42 Å². The van der Waals surface area contributed by atoms with Crippen LogP contribution in [0.2, 0.25) is 25.7 Å². The van der Waals surface area contributed by atoms with E-state index in [2.05, 4.69) is 90.4 Å². The first kappa shape index (κ1) is 35.2. The van der Waals surface area contributed by atoms with Gasteiger partial charge in [0.05, 0.1) is 27.3 Å². The van der Waals surface area contributed by atoms with Crippen LogP contribution in [0.5, 0.6) is 0 Å². The van der Waals surface area contributed by atoms with Crippen molar-refractivity contribution >= 4 is 8.07 Å². The molecule has 0 aromatic carbocycles. The molecule has 0 heterocycles. The van der Waals surface area contributed by atoms with E-state index in [-0.39, 0.29) is 11.2 Å². The van der Waals surface area contributed by atoms with Crippen molar-refractivity contribution < 1.29 is 9.13 Å². The zero-order chi connectivity index (χ0) is 28.3. The van der Waals surface area contributed by atoms with E-state index in [1.54, 1.807) is 13.4 Å². The van der Waals surface area contributed by atoms with Gasteiger partial charge in [-0.1, -0.05) is 68.4 Å². The third kappa shape index (κ3) is 21.9. The summed E-state index contributed by atoms with van der Waals surface area (Å²) in [6.45, 7) is 20.1. The number of methoxy groups -OCH3 is 1. The standard InChI is InChI=1S/C34H57FOSi/c1-29(17-11-13-27-36-7)18-15-19-30(2)20-16-21-33(35)32(4)23-22-31(3)24-26-34(5,6)25-12-14-28-37(8,9)10/h13,18,20,24,27H,11,15-17,19,21-23,25-26,28H2,1-10H3/b27-13+,29-18+,30-20+,31-24-,33-32-. The molecule has 0 aromatic heterocycles. The summed E-state index contributed by atoms with van der Waals surface area (Å²) in [4.78, 5) is 0. The highest BCUT2D eigenvalue weighted by Gasteiger charge is 2.15. The molecule has 0 unspecified atom stereocenters. The predicted octanol–water partition coefficient (Wildman–Crippen LogP) is 11.5. The lowest BCUT2D eigenvalue weighted by atomic mass is 9.85. The number of ether oxygens (including phenoxy) is 1. The third-order valence-electron chi connectivity index (χ3n) is 6.50. The topological polar surface area (TPSA) is 9.23 Å². The fourth-order valence-corrected chi connectivity index (χ4v) is 4.31. The zero-order valence-electron chi connectivity index (χ0n) is 26.0. The molecular formula is C34H57FOSi. The number of halogens is 1.